The SMILES string of the molecule is N#Cc1cn(-c2ccc3c(=O)[nH]n(C4CC4)c3c2)c2ccccc12. The van der Waals surface area contributed by atoms with Crippen LogP contribution in [0.1, 0.15) is 24.4 Å². The molecule has 0 unspecified atom stereocenters. The maximum Gasteiger partial charge on any atom is 0.271 e. The number of H-pyrrole nitrogens is 1. The normalized spacial score (nSPS) is 14.3. The Morgan fingerprint density at radius 2 is 1.92 bits per heavy atom. The van der Waals surface area contributed by atoms with Crippen molar-refractivity contribution in [3.05, 3.63) is 64.6 Å². The molecule has 0 amide bonds. The lowest BCUT2D eigenvalue weighted by atomic mass is 10.2. The third-order valence-electron chi connectivity index (χ3n) is 4.73. The molecule has 5 heteroatoms. The Bertz CT molecular complexity index is 1200. The highest BCUT2D eigenvalue weighted by Gasteiger charge is 2.26. The van der Waals surface area contributed by atoms with E-state index in [1.54, 1.807) is 0 Å². The summed E-state index contributed by atoms with van der Waals surface area (Å²) in [6.45, 7) is 0. The van der Waals surface area contributed by atoms with Crippen LogP contribution in [0.3, 0.4) is 0 Å². The lowest BCUT2D eigenvalue weighted by Gasteiger charge is -2.07. The molecule has 1 aliphatic carbocycles. The fourth-order valence-corrected chi connectivity index (χ4v) is 3.39. The van der Waals surface area contributed by atoms with E-state index < -0.39 is 0 Å². The summed E-state index contributed by atoms with van der Waals surface area (Å²) in [5.74, 6) is 0. The van der Waals surface area contributed by atoms with E-state index in [0.29, 0.717) is 17.0 Å². The van der Waals surface area contributed by atoms with E-state index in [-0.39, 0.29) is 5.56 Å². The molecule has 2 aromatic carbocycles. The van der Waals surface area contributed by atoms with Crippen LogP contribution in [0.15, 0.2) is 53.5 Å². The van der Waals surface area contributed by atoms with Crippen molar-refractivity contribution in [3.63, 3.8) is 0 Å². The number of aromatic nitrogens is 3. The van der Waals surface area contributed by atoms with Gasteiger partial charge in [0.1, 0.15) is 6.07 Å². The summed E-state index contributed by atoms with van der Waals surface area (Å²) < 4.78 is 4.00. The minimum absolute atomic E-state index is 0.0430. The number of rotatable bonds is 2. The number of fused-ring (bicyclic) bond motifs is 2. The van der Waals surface area contributed by atoms with Crippen molar-refractivity contribution < 1.29 is 0 Å². The summed E-state index contributed by atoms with van der Waals surface area (Å²) >= 11 is 0. The summed E-state index contributed by atoms with van der Waals surface area (Å²) in [5, 5.41) is 14.0. The monoisotopic (exact) mass is 314 g/mol. The van der Waals surface area contributed by atoms with E-state index in [4.69, 9.17) is 0 Å². The van der Waals surface area contributed by atoms with Gasteiger partial charge in [-0.15, -0.1) is 0 Å². The molecule has 2 aromatic heterocycles. The number of benzene rings is 2. The summed E-state index contributed by atoms with van der Waals surface area (Å²) in [6, 6.07) is 16.4. The zero-order chi connectivity index (χ0) is 16.3. The Balaban J connectivity index is 1.80. The zero-order valence-electron chi connectivity index (χ0n) is 12.9. The second-order valence-corrected chi connectivity index (χ2v) is 6.29. The first-order chi connectivity index (χ1) is 11.8. The van der Waals surface area contributed by atoms with Crippen molar-refractivity contribution in [3.8, 4) is 11.8 Å². The average Bonchev–Trinajstić information content (AvgIpc) is 3.31. The molecule has 2 heterocycles. The van der Waals surface area contributed by atoms with Crippen LogP contribution in [0.5, 0.6) is 0 Å². The molecule has 5 nitrogen and oxygen atoms in total. The largest absolute Gasteiger partial charge is 0.315 e. The van der Waals surface area contributed by atoms with Crippen LogP contribution in [0.25, 0.3) is 27.5 Å². The molecule has 0 spiro atoms. The molecular weight excluding hydrogens is 300 g/mol. The van der Waals surface area contributed by atoms with Gasteiger partial charge in [-0.1, -0.05) is 18.2 Å². The predicted octanol–water partition coefficient (Wildman–Crippen LogP) is 3.48. The van der Waals surface area contributed by atoms with Crippen LogP contribution < -0.4 is 5.56 Å². The van der Waals surface area contributed by atoms with E-state index >= 15 is 0 Å². The first-order valence-electron chi connectivity index (χ1n) is 8.01. The Hall–Kier alpha value is -3.26. The minimum Gasteiger partial charge on any atom is -0.315 e. The number of para-hydroxylation sites is 1. The maximum absolute atomic E-state index is 12.1. The summed E-state index contributed by atoms with van der Waals surface area (Å²) in [7, 11) is 0. The molecule has 1 N–H and O–H groups in total. The molecule has 0 radical (unpaired) electrons. The number of nitriles is 1. The van der Waals surface area contributed by atoms with Gasteiger partial charge >= 0.3 is 0 Å². The molecule has 1 aliphatic rings. The molecule has 4 aromatic rings. The van der Waals surface area contributed by atoms with Gasteiger partial charge in [0.25, 0.3) is 5.56 Å². The third kappa shape index (κ3) is 1.77. The van der Waals surface area contributed by atoms with Crippen molar-refractivity contribution in [2.75, 3.05) is 0 Å². The molecule has 0 bridgehead atoms. The molecule has 24 heavy (non-hydrogen) atoms. The van der Waals surface area contributed by atoms with Crippen LogP contribution >= 0.6 is 0 Å². The Morgan fingerprint density at radius 1 is 1.08 bits per heavy atom. The highest BCUT2D eigenvalue weighted by atomic mass is 16.1. The highest BCUT2D eigenvalue weighted by Crippen LogP contribution is 2.36. The molecular formula is C19H14N4O. The van der Waals surface area contributed by atoms with Gasteiger partial charge in [0.05, 0.1) is 28.0 Å². The Morgan fingerprint density at radius 3 is 2.71 bits per heavy atom. The lowest BCUT2D eigenvalue weighted by molar-refractivity contribution is 0.657. The summed E-state index contributed by atoms with van der Waals surface area (Å²) in [4.78, 5) is 12.1. The van der Waals surface area contributed by atoms with Crippen molar-refractivity contribution in [1.29, 1.82) is 5.26 Å². The second-order valence-electron chi connectivity index (χ2n) is 6.29. The van der Waals surface area contributed by atoms with Crippen molar-refractivity contribution in [2.24, 2.45) is 0 Å². The van der Waals surface area contributed by atoms with E-state index in [1.165, 1.54) is 0 Å². The van der Waals surface area contributed by atoms with Gasteiger partial charge < -0.3 is 4.57 Å². The standard InChI is InChI=1S/C19H14N4O/c20-10-12-11-22(17-4-2-1-3-15(12)17)14-7-8-16-18(9-14)23(13-5-6-13)21-19(16)24/h1-4,7-9,11,13H,5-6H2,(H,21,24). The van der Waals surface area contributed by atoms with Gasteiger partial charge in [-0.25, -0.2) is 0 Å². The number of nitrogens with zero attached hydrogens (tertiary/aromatic N) is 3. The predicted molar refractivity (Wildman–Crippen MR) is 92.4 cm³/mol. The van der Waals surface area contributed by atoms with Crippen LogP contribution in [0.2, 0.25) is 0 Å². The minimum atomic E-state index is -0.0430. The van der Waals surface area contributed by atoms with Crippen LogP contribution in [-0.2, 0) is 0 Å². The molecule has 5 rings (SSSR count). The van der Waals surface area contributed by atoms with E-state index in [9.17, 15) is 10.1 Å². The molecule has 0 saturated heterocycles. The van der Waals surface area contributed by atoms with Gasteiger partial charge in [0.2, 0.25) is 0 Å². The molecule has 0 atom stereocenters. The first kappa shape index (κ1) is 13.2. The Labute approximate surface area is 137 Å². The summed E-state index contributed by atoms with van der Waals surface area (Å²) in [6.07, 6.45) is 4.07. The topological polar surface area (TPSA) is 66.5 Å². The summed E-state index contributed by atoms with van der Waals surface area (Å²) in [5.41, 5.74) is 3.48. The quantitative estimate of drug-likeness (QED) is 0.615. The van der Waals surface area contributed by atoms with Crippen LogP contribution in [0, 0.1) is 11.3 Å². The average molecular weight is 314 g/mol. The van der Waals surface area contributed by atoms with Crippen LogP contribution in [-0.4, -0.2) is 14.3 Å². The fraction of sp³-hybridized carbons (Fsp3) is 0.158. The molecule has 1 fully saturated rings. The van der Waals surface area contributed by atoms with Crippen molar-refractivity contribution >= 4 is 21.8 Å². The van der Waals surface area contributed by atoms with Gasteiger partial charge in [0, 0.05) is 17.3 Å². The van der Waals surface area contributed by atoms with Gasteiger partial charge in [-0.2, -0.15) is 5.26 Å². The molecule has 0 aliphatic heterocycles. The van der Waals surface area contributed by atoms with E-state index in [0.717, 1.165) is 34.9 Å². The third-order valence-corrected chi connectivity index (χ3v) is 4.73. The lowest BCUT2D eigenvalue weighted by Crippen LogP contribution is -2.03. The zero-order valence-corrected chi connectivity index (χ0v) is 12.9. The van der Waals surface area contributed by atoms with Crippen LogP contribution in [0.4, 0.5) is 0 Å². The fourth-order valence-electron chi connectivity index (χ4n) is 3.39. The first-order valence-corrected chi connectivity index (χ1v) is 8.01. The molecule has 116 valence electrons. The molecule has 1 saturated carbocycles. The number of aromatic amines is 1. The number of hydrogen-bond donors (Lipinski definition) is 1. The van der Waals surface area contributed by atoms with Crippen molar-refractivity contribution in [1.82, 2.24) is 14.3 Å². The number of nitrogens with one attached hydrogen (secondary N) is 1. The Kier molecular flexibility index (Phi) is 2.54. The highest BCUT2D eigenvalue weighted by molar-refractivity contribution is 5.89. The van der Waals surface area contributed by atoms with Gasteiger partial charge in [-0.05, 0) is 37.1 Å². The van der Waals surface area contributed by atoms with Gasteiger partial charge in [-0.3, -0.25) is 14.6 Å². The smallest absolute Gasteiger partial charge is 0.271 e. The number of hydrogen-bond acceptors (Lipinski definition) is 2. The van der Waals surface area contributed by atoms with E-state index in [2.05, 4.69) is 11.2 Å². The van der Waals surface area contributed by atoms with Gasteiger partial charge in [0.15, 0.2) is 0 Å². The van der Waals surface area contributed by atoms with Crippen molar-refractivity contribution in [2.45, 2.75) is 18.9 Å². The second kappa shape index (κ2) is 4.62. The maximum atomic E-state index is 12.1. The van der Waals surface area contributed by atoms with E-state index in [1.807, 2.05) is 57.9 Å².